The Morgan fingerprint density at radius 3 is 2.52 bits per heavy atom. The Kier molecular flexibility index (Phi) is 6.53. The van der Waals surface area contributed by atoms with Gasteiger partial charge in [0.25, 0.3) is 0 Å². The van der Waals surface area contributed by atoms with Crippen LogP contribution in [-0.2, 0) is 37.4 Å². The highest BCUT2D eigenvalue weighted by molar-refractivity contribution is 5.33. The summed E-state index contributed by atoms with van der Waals surface area (Å²) < 4.78 is 13.9. The van der Waals surface area contributed by atoms with Crippen molar-refractivity contribution in [1.29, 1.82) is 0 Å². The molecule has 2 aliphatic heterocycles. The quantitative estimate of drug-likeness (QED) is 0.717. The summed E-state index contributed by atoms with van der Waals surface area (Å²) in [6.45, 7) is 15.0. The standard InChI is InChI=1S/C23H34N4O2/c1-4-27-22-9-14-28-17-20(22)21(24-27)16-26-12-10-25(11-13-26)15-19-7-5-6-8-23(19)29-18(2)3/h5-8,18H,4,9-17H2,1-3H3. The molecule has 6 heteroatoms. The molecule has 0 bridgehead atoms. The summed E-state index contributed by atoms with van der Waals surface area (Å²) in [6.07, 6.45) is 1.19. The molecule has 29 heavy (non-hydrogen) atoms. The highest BCUT2D eigenvalue weighted by atomic mass is 16.5. The van der Waals surface area contributed by atoms with Crippen molar-refractivity contribution in [2.75, 3.05) is 32.8 Å². The molecule has 1 fully saturated rings. The van der Waals surface area contributed by atoms with Gasteiger partial charge in [0.05, 0.1) is 25.0 Å². The molecule has 1 aromatic heterocycles. The van der Waals surface area contributed by atoms with Crippen molar-refractivity contribution < 1.29 is 9.47 Å². The van der Waals surface area contributed by atoms with E-state index in [1.807, 2.05) is 0 Å². The van der Waals surface area contributed by atoms with Crippen LogP contribution in [0.15, 0.2) is 24.3 Å². The predicted molar refractivity (Wildman–Crippen MR) is 114 cm³/mol. The van der Waals surface area contributed by atoms with Crippen LogP contribution < -0.4 is 4.74 Å². The molecule has 1 saturated heterocycles. The molecule has 2 aromatic rings. The Morgan fingerprint density at radius 1 is 1.07 bits per heavy atom. The lowest BCUT2D eigenvalue weighted by Crippen LogP contribution is -2.45. The fourth-order valence-electron chi connectivity index (χ4n) is 4.33. The Labute approximate surface area is 174 Å². The van der Waals surface area contributed by atoms with Gasteiger partial charge in [0, 0.05) is 69.1 Å². The van der Waals surface area contributed by atoms with Gasteiger partial charge >= 0.3 is 0 Å². The summed E-state index contributed by atoms with van der Waals surface area (Å²) >= 11 is 0. The van der Waals surface area contributed by atoms with Gasteiger partial charge in [-0.05, 0) is 26.8 Å². The minimum atomic E-state index is 0.200. The summed E-state index contributed by atoms with van der Waals surface area (Å²) in [7, 11) is 0. The molecule has 0 N–H and O–H groups in total. The molecular weight excluding hydrogens is 364 g/mol. The van der Waals surface area contributed by atoms with Gasteiger partial charge in [-0.25, -0.2) is 0 Å². The third kappa shape index (κ3) is 4.82. The van der Waals surface area contributed by atoms with Crippen molar-refractivity contribution in [2.45, 2.75) is 59.5 Å². The van der Waals surface area contributed by atoms with E-state index < -0.39 is 0 Å². The van der Waals surface area contributed by atoms with Gasteiger partial charge in [0.1, 0.15) is 5.75 Å². The molecule has 0 saturated carbocycles. The van der Waals surface area contributed by atoms with Crippen molar-refractivity contribution in [3.05, 3.63) is 46.8 Å². The Morgan fingerprint density at radius 2 is 1.79 bits per heavy atom. The maximum Gasteiger partial charge on any atom is 0.124 e. The Balaban J connectivity index is 1.34. The highest BCUT2D eigenvalue weighted by Gasteiger charge is 2.24. The van der Waals surface area contributed by atoms with E-state index in [0.29, 0.717) is 0 Å². The van der Waals surface area contributed by atoms with E-state index >= 15 is 0 Å². The maximum atomic E-state index is 5.99. The van der Waals surface area contributed by atoms with Crippen molar-refractivity contribution in [2.24, 2.45) is 0 Å². The van der Waals surface area contributed by atoms with E-state index in [0.717, 1.165) is 71.2 Å². The van der Waals surface area contributed by atoms with Crippen LogP contribution in [0.25, 0.3) is 0 Å². The van der Waals surface area contributed by atoms with Gasteiger partial charge in [0.2, 0.25) is 0 Å². The molecule has 1 aromatic carbocycles. The van der Waals surface area contributed by atoms with E-state index in [-0.39, 0.29) is 6.10 Å². The first-order valence-corrected chi connectivity index (χ1v) is 11.0. The molecule has 0 spiro atoms. The first kappa shape index (κ1) is 20.4. The Bertz CT molecular complexity index is 809. The second kappa shape index (κ2) is 9.28. The van der Waals surface area contributed by atoms with Crippen molar-refractivity contribution in [1.82, 2.24) is 19.6 Å². The number of aryl methyl sites for hydroxylation is 1. The predicted octanol–water partition coefficient (Wildman–Crippen LogP) is 3.08. The SMILES string of the molecule is CCn1nc(CN2CCN(Cc3ccccc3OC(C)C)CC2)c2c1CCOC2. The van der Waals surface area contributed by atoms with Crippen LogP contribution in [0, 0.1) is 0 Å². The van der Waals surface area contributed by atoms with E-state index in [2.05, 4.69) is 59.5 Å². The van der Waals surface area contributed by atoms with Gasteiger partial charge in [0.15, 0.2) is 0 Å². The number of piperazine rings is 1. The van der Waals surface area contributed by atoms with E-state index in [9.17, 15) is 0 Å². The van der Waals surface area contributed by atoms with Crippen LogP contribution in [-0.4, -0.2) is 58.5 Å². The number of benzene rings is 1. The smallest absolute Gasteiger partial charge is 0.124 e. The molecule has 0 radical (unpaired) electrons. The fraction of sp³-hybridized carbons (Fsp3) is 0.609. The molecule has 2 aliphatic rings. The fourth-order valence-corrected chi connectivity index (χ4v) is 4.33. The monoisotopic (exact) mass is 398 g/mol. The number of fused-ring (bicyclic) bond motifs is 1. The number of hydrogen-bond donors (Lipinski definition) is 0. The van der Waals surface area contributed by atoms with Crippen LogP contribution in [0.1, 0.15) is 43.3 Å². The topological polar surface area (TPSA) is 42.8 Å². The van der Waals surface area contributed by atoms with Crippen LogP contribution in [0.2, 0.25) is 0 Å². The van der Waals surface area contributed by atoms with Gasteiger partial charge in [-0.2, -0.15) is 5.10 Å². The van der Waals surface area contributed by atoms with Gasteiger partial charge in [-0.1, -0.05) is 18.2 Å². The lowest BCUT2D eigenvalue weighted by Gasteiger charge is -2.34. The summed E-state index contributed by atoms with van der Waals surface area (Å²) in [4.78, 5) is 5.06. The summed E-state index contributed by atoms with van der Waals surface area (Å²) in [5, 5.41) is 4.90. The minimum Gasteiger partial charge on any atom is -0.491 e. The molecule has 3 heterocycles. The lowest BCUT2D eigenvalue weighted by atomic mass is 10.1. The van der Waals surface area contributed by atoms with Crippen molar-refractivity contribution in [3.8, 4) is 5.75 Å². The van der Waals surface area contributed by atoms with Gasteiger partial charge in [-0.15, -0.1) is 0 Å². The Hall–Kier alpha value is -1.89. The molecule has 158 valence electrons. The van der Waals surface area contributed by atoms with Crippen molar-refractivity contribution >= 4 is 0 Å². The normalized spacial score (nSPS) is 18.2. The van der Waals surface area contributed by atoms with Crippen LogP contribution in [0.4, 0.5) is 0 Å². The first-order chi connectivity index (χ1) is 14.1. The molecule has 0 unspecified atom stereocenters. The third-order valence-corrected chi connectivity index (χ3v) is 5.85. The van der Waals surface area contributed by atoms with Crippen LogP contribution >= 0.6 is 0 Å². The van der Waals surface area contributed by atoms with E-state index in [4.69, 9.17) is 14.6 Å². The molecule has 0 atom stereocenters. The largest absolute Gasteiger partial charge is 0.491 e. The van der Waals surface area contributed by atoms with E-state index in [1.54, 1.807) is 0 Å². The lowest BCUT2D eigenvalue weighted by molar-refractivity contribution is 0.104. The zero-order valence-electron chi connectivity index (χ0n) is 18.1. The van der Waals surface area contributed by atoms with Gasteiger partial charge < -0.3 is 9.47 Å². The highest BCUT2D eigenvalue weighted by Crippen LogP contribution is 2.24. The second-order valence-corrected chi connectivity index (χ2v) is 8.32. The van der Waals surface area contributed by atoms with Crippen LogP contribution in [0.5, 0.6) is 5.75 Å². The number of para-hydroxylation sites is 1. The van der Waals surface area contributed by atoms with E-state index in [1.165, 1.54) is 22.5 Å². The number of rotatable bonds is 7. The second-order valence-electron chi connectivity index (χ2n) is 8.32. The number of ether oxygens (including phenoxy) is 2. The van der Waals surface area contributed by atoms with Crippen molar-refractivity contribution in [3.63, 3.8) is 0 Å². The van der Waals surface area contributed by atoms with Gasteiger partial charge in [-0.3, -0.25) is 14.5 Å². The molecular formula is C23H34N4O2. The average molecular weight is 399 g/mol. The molecule has 0 amide bonds. The number of nitrogens with zero attached hydrogens (tertiary/aromatic N) is 4. The maximum absolute atomic E-state index is 5.99. The zero-order chi connectivity index (χ0) is 20.2. The number of hydrogen-bond acceptors (Lipinski definition) is 5. The minimum absolute atomic E-state index is 0.200. The van der Waals surface area contributed by atoms with Crippen LogP contribution in [0.3, 0.4) is 0 Å². The molecule has 0 aliphatic carbocycles. The zero-order valence-corrected chi connectivity index (χ0v) is 18.1. The average Bonchev–Trinajstić information content (AvgIpc) is 3.08. The summed E-state index contributed by atoms with van der Waals surface area (Å²) in [5.74, 6) is 1.02. The summed E-state index contributed by atoms with van der Waals surface area (Å²) in [6, 6.07) is 8.43. The molecule has 4 rings (SSSR count). The first-order valence-electron chi connectivity index (χ1n) is 11.0. The number of aromatic nitrogens is 2. The third-order valence-electron chi connectivity index (χ3n) is 5.85. The molecule has 6 nitrogen and oxygen atoms in total. The summed E-state index contributed by atoms with van der Waals surface area (Å²) in [5.41, 5.74) is 5.21.